The molecule has 8 heteroatoms. The fourth-order valence-electron chi connectivity index (χ4n) is 0.749. The zero-order valence-electron chi connectivity index (χ0n) is 10.3. The Morgan fingerprint density at radius 3 is 2.06 bits per heavy atom. The molecule has 0 heterocycles. The summed E-state index contributed by atoms with van der Waals surface area (Å²) in [5.41, 5.74) is -2.15. The van der Waals surface area contributed by atoms with E-state index < -0.39 is 28.3 Å². The molecule has 0 saturated carbocycles. The van der Waals surface area contributed by atoms with E-state index in [1.165, 1.54) is 0 Å². The van der Waals surface area contributed by atoms with E-state index in [1.54, 1.807) is 27.7 Å². The Bertz CT molecular complexity index is 322. The Balaban J connectivity index is 4.31. The molecule has 0 fully saturated rings. The van der Waals surface area contributed by atoms with Crippen LogP contribution in [0.25, 0.3) is 0 Å². The van der Waals surface area contributed by atoms with Crippen molar-refractivity contribution >= 4 is 17.1 Å². The molecule has 0 amide bonds. The van der Waals surface area contributed by atoms with Crippen LogP contribution in [0.5, 0.6) is 0 Å². The fraction of sp³-hybridized carbons (Fsp3) is 1.00. The number of sulfonamides is 1. The predicted molar refractivity (Wildman–Crippen MR) is 62.3 cm³/mol. The van der Waals surface area contributed by atoms with Gasteiger partial charge in [-0.25, -0.2) is 13.1 Å². The first-order valence-corrected chi connectivity index (χ1v) is 6.77. The molecular weight excluding hydrogens is 233 g/mol. The van der Waals surface area contributed by atoms with Crippen LogP contribution in [0.1, 0.15) is 27.7 Å². The summed E-state index contributed by atoms with van der Waals surface area (Å²) in [7, 11) is -4.67. The van der Waals surface area contributed by atoms with Gasteiger partial charge in [-0.1, -0.05) is 0 Å². The second-order valence-electron chi connectivity index (χ2n) is 4.76. The lowest BCUT2D eigenvalue weighted by Gasteiger charge is -2.38. The van der Waals surface area contributed by atoms with Crippen LogP contribution < -0.4 is 4.72 Å². The van der Waals surface area contributed by atoms with Crippen molar-refractivity contribution in [3.8, 4) is 0 Å². The molecule has 16 heavy (non-hydrogen) atoms. The largest absolute Gasteiger partial charge is 0.470 e. The van der Waals surface area contributed by atoms with Gasteiger partial charge in [0.1, 0.15) is 0 Å². The standard InChI is InChI=1S/C8H20BNO5S/c1-7(2,11)8(3,4)15-9(12)6-10-16(5,13)14/h10-12H,6H2,1-5H3. The summed E-state index contributed by atoms with van der Waals surface area (Å²) < 4.78 is 28.8. The molecule has 96 valence electrons. The average molecular weight is 253 g/mol. The van der Waals surface area contributed by atoms with E-state index in [0.29, 0.717) is 0 Å². The maximum Gasteiger partial charge on any atom is 0.470 e. The maximum absolute atomic E-state index is 10.8. The van der Waals surface area contributed by atoms with Crippen molar-refractivity contribution in [3.05, 3.63) is 0 Å². The van der Waals surface area contributed by atoms with E-state index in [1.807, 2.05) is 0 Å². The Morgan fingerprint density at radius 2 is 1.75 bits per heavy atom. The van der Waals surface area contributed by atoms with Gasteiger partial charge in [0.2, 0.25) is 10.0 Å². The predicted octanol–water partition coefficient (Wildman–Crippen LogP) is -0.879. The van der Waals surface area contributed by atoms with Crippen LogP contribution in [0.15, 0.2) is 0 Å². The summed E-state index contributed by atoms with van der Waals surface area (Å²) in [4.78, 5) is 0. The summed E-state index contributed by atoms with van der Waals surface area (Å²) in [6.07, 6.45) is 0.735. The number of aliphatic hydroxyl groups is 1. The molecule has 0 rings (SSSR count). The number of nitrogens with one attached hydrogen (secondary N) is 1. The van der Waals surface area contributed by atoms with Crippen molar-refractivity contribution in [2.24, 2.45) is 0 Å². The third-order valence-electron chi connectivity index (χ3n) is 2.42. The lowest BCUT2D eigenvalue weighted by Crippen LogP contribution is -2.52. The van der Waals surface area contributed by atoms with E-state index in [9.17, 15) is 18.5 Å². The molecule has 0 aliphatic carbocycles. The topological polar surface area (TPSA) is 95.9 Å². The normalized spacial score (nSPS) is 13.9. The number of hydrogen-bond acceptors (Lipinski definition) is 5. The van der Waals surface area contributed by atoms with E-state index in [-0.39, 0.29) is 6.44 Å². The van der Waals surface area contributed by atoms with Crippen molar-refractivity contribution in [2.75, 3.05) is 12.7 Å². The highest BCUT2D eigenvalue weighted by Gasteiger charge is 2.38. The van der Waals surface area contributed by atoms with Crippen LogP contribution in [0.3, 0.4) is 0 Å². The highest BCUT2D eigenvalue weighted by atomic mass is 32.2. The molecule has 0 radical (unpaired) electrons. The van der Waals surface area contributed by atoms with E-state index in [2.05, 4.69) is 4.72 Å². The molecular formula is C8H20BNO5S. The summed E-state index contributed by atoms with van der Waals surface area (Å²) >= 11 is 0. The van der Waals surface area contributed by atoms with Gasteiger partial charge in [-0.2, -0.15) is 0 Å². The Kier molecular flexibility index (Phi) is 4.97. The van der Waals surface area contributed by atoms with Gasteiger partial charge >= 0.3 is 7.12 Å². The minimum Gasteiger partial charge on any atom is -0.426 e. The minimum atomic E-state index is -3.36. The summed E-state index contributed by atoms with van der Waals surface area (Å²) in [5.74, 6) is 0. The fourth-order valence-corrected chi connectivity index (χ4v) is 1.19. The molecule has 0 bridgehead atoms. The molecule has 0 aliphatic rings. The quantitative estimate of drug-likeness (QED) is 0.534. The molecule has 3 N–H and O–H groups in total. The van der Waals surface area contributed by atoms with Crippen molar-refractivity contribution < 1.29 is 23.2 Å². The SMILES string of the molecule is CC(C)(O)C(C)(C)OB(O)CNS(C)(=O)=O. The summed E-state index contributed by atoms with van der Waals surface area (Å²) in [6, 6.07) is 0. The van der Waals surface area contributed by atoms with Gasteiger partial charge in [0.05, 0.1) is 17.5 Å². The van der Waals surface area contributed by atoms with Gasteiger partial charge in [-0.3, -0.25) is 0 Å². The lowest BCUT2D eigenvalue weighted by atomic mass is 9.83. The Hall–Kier alpha value is -0.145. The van der Waals surface area contributed by atoms with Gasteiger partial charge in [0.15, 0.2) is 0 Å². The van der Waals surface area contributed by atoms with Crippen LogP contribution in [0, 0.1) is 0 Å². The monoisotopic (exact) mass is 253 g/mol. The van der Waals surface area contributed by atoms with E-state index in [0.717, 1.165) is 6.26 Å². The molecule has 0 aliphatic heterocycles. The first-order valence-electron chi connectivity index (χ1n) is 4.88. The molecule has 0 aromatic heterocycles. The second-order valence-corrected chi connectivity index (χ2v) is 6.60. The first-order chi connectivity index (χ1) is 6.85. The zero-order valence-corrected chi connectivity index (χ0v) is 11.1. The van der Waals surface area contributed by atoms with Crippen molar-refractivity contribution in [1.29, 1.82) is 0 Å². The molecule has 6 nitrogen and oxygen atoms in total. The van der Waals surface area contributed by atoms with Crippen molar-refractivity contribution in [3.63, 3.8) is 0 Å². The van der Waals surface area contributed by atoms with Gasteiger partial charge in [0.25, 0.3) is 0 Å². The Morgan fingerprint density at radius 1 is 1.31 bits per heavy atom. The molecule has 0 spiro atoms. The highest BCUT2D eigenvalue weighted by Crippen LogP contribution is 2.25. The first kappa shape index (κ1) is 15.9. The molecule has 0 saturated heterocycles. The van der Waals surface area contributed by atoms with E-state index >= 15 is 0 Å². The van der Waals surface area contributed by atoms with Gasteiger partial charge in [0, 0.05) is 6.44 Å². The molecule has 0 aromatic rings. The maximum atomic E-state index is 10.8. The second kappa shape index (κ2) is 5.01. The van der Waals surface area contributed by atoms with Crippen LogP contribution in [-0.2, 0) is 14.7 Å². The van der Waals surface area contributed by atoms with Crippen molar-refractivity contribution in [1.82, 2.24) is 4.72 Å². The van der Waals surface area contributed by atoms with Crippen LogP contribution >= 0.6 is 0 Å². The smallest absolute Gasteiger partial charge is 0.426 e. The van der Waals surface area contributed by atoms with E-state index in [4.69, 9.17) is 4.65 Å². The van der Waals surface area contributed by atoms with Crippen LogP contribution in [-0.4, -0.2) is 49.6 Å². The zero-order chi connectivity index (χ0) is 13.2. The molecule has 0 atom stereocenters. The lowest BCUT2D eigenvalue weighted by molar-refractivity contribution is -0.0999. The summed E-state index contributed by atoms with van der Waals surface area (Å²) in [6.45, 7) is 6.31. The van der Waals surface area contributed by atoms with Gasteiger partial charge in [-0.05, 0) is 27.7 Å². The van der Waals surface area contributed by atoms with Gasteiger partial charge in [-0.15, -0.1) is 0 Å². The molecule has 0 aromatic carbocycles. The average Bonchev–Trinajstić information content (AvgIpc) is 1.96. The number of rotatable bonds is 6. The third-order valence-corrected chi connectivity index (χ3v) is 3.12. The van der Waals surface area contributed by atoms with Crippen LogP contribution in [0.2, 0.25) is 0 Å². The summed E-state index contributed by atoms with van der Waals surface area (Å²) in [5, 5.41) is 19.2. The Labute approximate surface area is 97.2 Å². The van der Waals surface area contributed by atoms with Crippen LogP contribution in [0.4, 0.5) is 0 Å². The third kappa shape index (κ3) is 5.81. The highest BCUT2D eigenvalue weighted by molar-refractivity contribution is 7.88. The number of hydrogen-bond donors (Lipinski definition) is 3. The van der Waals surface area contributed by atoms with Crippen molar-refractivity contribution in [2.45, 2.75) is 38.9 Å². The minimum absolute atomic E-state index is 0.252. The van der Waals surface area contributed by atoms with Gasteiger partial charge < -0.3 is 14.8 Å². The molecule has 0 unspecified atom stereocenters.